The number of para-hydroxylation sites is 1. The van der Waals surface area contributed by atoms with Crippen molar-refractivity contribution in [3.63, 3.8) is 0 Å². The highest BCUT2D eigenvalue weighted by atomic mass is 127. The van der Waals surface area contributed by atoms with Crippen LogP contribution in [0.2, 0.25) is 0 Å². The third-order valence-corrected chi connectivity index (χ3v) is 6.68. The highest BCUT2D eigenvalue weighted by Gasteiger charge is 2.19. The van der Waals surface area contributed by atoms with Gasteiger partial charge in [0.25, 0.3) is 5.91 Å². The van der Waals surface area contributed by atoms with Crippen molar-refractivity contribution in [1.29, 1.82) is 5.26 Å². The van der Waals surface area contributed by atoms with Crippen molar-refractivity contribution in [2.75, 3.05) is 12.4 Å². The number of nitrogens with zero attached hydrogens (tertiary/aromatic N) is 1. The van der Waals surface area contributed by atoms with Crippen molar-refractivity contribution in [2.24, 2.45) is 0 Å². The molecular formula is C24H19IN2O5S. The molecule has 1 amide bonds. The van der Waals surface area contributed by atoms with Gasteiger partial charge in [0, 0.05) is 3.57 Å². The number of carbonyl (C=O) groups is 1. The summed E-state index contributed by atoms with van der Waals surface area (Å²) in [5.74, 6) is -0.449. The average molecular weight is 574 g/mol. The maximum atomic E-state index is 12.6. The van der Waals surface area contributed by atoms with Crippen LogP contribution in [0.4, 0.5) is 5.69 Å². The highest BCUT2D eigenvalue weighted by Crippen LogP contribution is 2.31. The molecule has 0 aliphatic carbocycles. The van der Waals surface area contributed by atoms with Crippen LogP contribution in [-0.4, -0.2) is 21.4 Å². The summed E-state index contributed by atoms with van der Waals surface area (Å²) < 4.78 is 36.5. The minimum absolute atomic E-state index is 0.0121. The molecule has 0 aliphatic rings. The molecule has 0 spiro atoms. The Balaban J connectivity index is 1.85. The lowest BCUT2D eigenvalue weighted by Crippen LogP contribution is -2.14. The monoisotopic (exact) mass is 574 g/mol. The molecule has 3 aromatic carbocycles. The van der Waals surface area contributed by atoms with Gasteiger partial charge in [-0.15, -0.1) is 0 Å². The third-order valence-electron chi connectivity index (χ3n) is 4.49. The van der Waals surface area contributed by atoms with Crippen LogP contribution in [0.25, 0.3) is 6.08 Å². The first kappa shape index (κ1) is 24.3. The van der Waals surface area contributed by atoms with Crippen LogP contribution in [0.5, 0.6) is 11.5 Å². The van der Waals surface area contributed by atoms with Gasteiger partial charge in [-0.1, -0.05) is 35.9 Å². The zero-order chi connectivity index (χ0) is 24.0. The van der Waals surface area contributed by atoms with Crippen LogP contribution in [0.15, 0.2) is 77.2 Å². The summed E-state index contributed by atoms with van der Waals surface area (Å²) >= 11 is 2.09. The van der Waals surface area contributed by atoms with Crippen LogP contribution in [-0.2, 0) is 14.9 Å². The summed E-state index contributed by atoms with van der Waals surface area (Å²) in [4.78, 5) is 12.6. The van der Waals surface area contributed by atoms with Gasteiger partial charge in [0.15, 0.2) is 11.5 Å². The number of anilines is 1. The summed E-state index contributed by atoms with van der Waals surface area (Å²) in [5, 5.41) is 12.2. The Bertz CT molecular complexity index is 1360. The first-order chi connectivity index (χ1) is 15.7. The van der Waals surface area contributed by atoms with E-state index in [4.69, 9.17) is 8.92 Å². The number of hydrogen-bond acceptors (Lipinski definition) is 6. The fourth-order valence-corrected chi connectivity index (χ4v) is 4.24. The van der Waals surface area contributed by atoms with Crippen LogP contribution in [0.1, 0.15) is 11.1 Å². The molecule has 0 atom stereocenters. The van der Waals surface area contributed by atoms with Gasteiger partial charge in [-0.3, -0.25) is 4.79 Å². The van der Waals surface area contributed by atoms with Gasteiger partial charge in [-0.05, 0) is 77.6 Å². The predicted molar refractivity (Wildman–Crippen MR) is 133 cm³/mol. The van der Waals surface area contributed by atoms with E-state index < -0.39 is 16.0 Å². The van der Waals surface area contributed by atoms with Crippen molar-refractivity contribution in [2.45, 2.75) is 11.8 Å². The van der Waals surface area contributed by atoms with E-state index in [0.29, 0.717) is 11.3 Å². The zero-order valence-corrected chi connectivity index (χ0v) is 20.7. The number of methoxy groups -OCH3 is 1. The number of ether oxygens (including phenoxy) is 1. The molecule has 0 saturated carbocycles. The van der Waals surface area contributed by atoms with Gasteiger partial charge in [0.1, 0.15) is 16.5 Å². The molecule has 0 aromatic heterocycles. The number of hydrogen-bond donors (Lipinski definition) is 1. The Labute approximate surface area is 205 Å². The lowest BCUT2D eigenvalue weighted by Gasteiger charge is -2.12. The molecule has 1 N–H and O–H groups in total. The second-order valence-corrected chi connectivity index (χ2v) is 9.57. The number of benzene rings is 3. The lowest BCUT2D eigenvalue weighted by molar-refractivity contribution is -0.112. The van der Waals surface area contributed by atoms with Crippen molar-refractivity contribution in [3.05, 3.63) is 87.0 Å². The summed E-state index contributed by atoms with van der Waals surface area (Å²) in [6.07, 6.45) is 1.38. The van der Waals surface area contributed by atoms with E-state index in [1.54, 1.807) is 24.3 Å². The van der Waals surface area contributed by atoms with E-state index in [0.717, 1.165) is 9.13 Å². The van der Waals surface area contributed by atoms with Crippen molar-refractivity contribution < 1.29 is 22.1 Å². The van der Waals surface area contributed by atoms with Gasteiger partial charge in [0.2, 0.25) is 0 Å². The first-order valence-corrected chi connectivity index (χ1v) is 12.1. The zero-order valence-electron chi connectivity index (χ0n) is 17.7. The van der Waals surface area contributed by atoms with Crippen LogP contribution in [0.3, 0.4) is 0 Å². The van der Waals surface area contributed by atoms with Gasteiger partial charge in [-0.25, -0.2) is 0 Å². The van der Waals surface area contributed by atoms with Crippen LogP contribution < -0.4 is 14.2 Å². The fourth-order valence-electron chi connectivity index (χ4n) is 2.78. The van der Waals surface area contributed by atoms with Crippen LogP contribution >= 0.6 is 22.6 Å². The number of nitrogens with one attached hydrogen (secondary N) is 1. The van der Waals surface area contributed by atoms with Gasteiger partial charge >= 0.3 is 10.1 Å². The second-order valence-electron chi connectivity index (χ2n) is 6.86. The second kappa shape index (κ2) is 10.5. The SMILES string of the molecule is COc1cc(/C=C(/C#N)C(=O)Nc2ccccc2I)ccc1OS(=O)(=O)c1ccc(C)cc1. The largest absolute Gasteiger partial charge is 0.493 e. The number of halogens is 1. The summed E-state index contributed by atoms with van der Waals surface area (Å²) in [6, 6.07) is 19.8. The molecule has 0 saturated heterocycles. The number of carbonyl (C=O) groups excluding carboxylic acids is 1. The molecule has 0 fully saturated rings. The van der Waals surface area contributed by atoms with Crippen LogP contribution in [0, 0.1) is 21.8 Å². The minimum atomic E-state index is -4.07. The maximum absolute atomic E-state index is 12.6. The minimum Gasteiger partial charge on any atom is -0.493 e. The molecule has 168 valence electrons. The lowest BCUT2D eigenvalue weighted by atomic mass is 10.1. The maximum Gasteiger partial charge on any atom is 0.339 e. The number of nitriles is 1. The molecule has 9 heteroatoms. The molecule has 0 radical (unpaired) electrons. The van der Waals surface area contributed by atoms with Crippen molar-refractivity contribution >= 4 is 50.4 Å². The van der Waals surface area contributed by atoms with E-state index in [1.165, 1.54) is 43.5 Å². The number of rotatable bonds is 7. The van der Waals surface area contributed by atoms with Gasteiger partial charge in [0.05, 0.1) is 12.8 Å². The third kappa shape index (κ3) is 6.12. The quantitative estimate of drug-likeness (QED) is 0.186. The average Bonchev–Trinajstić information content (AvgIpc) is 2.79. The Morgan fingerprint density at radius 2 is 1.76 bits per heavy atom. The molecule has 0 bridgehead atoms. The molecule has 3 aromatic rings. The normalized spacial score (nSPS) is 11.4. The van der Waals surface area contributed by atoms with E-state index in [2.05, 4.69) is 27.9 Å². The standard InChI is InChI=1S/C24H19IN2O5S/c1-16-7-10-19(11-8-16)33(29,30)32-22-12-9-17(14-23(22)31-2)13-18(15-26)24(28)27-21-6-4-3-5-20(21)25/h3-14H,1-2H3,(H,27,28)/b18-13-. The Kier molecular flexibility index (Phi) is 7.73. The Morgan fingerprint density at radius 3 is 2.39 bits per heavy atom. The molecule has 3 rings (SSSR count). The molecule has 7 nitrogen and oxygen atoms in total. The Hall–Kier alpha value is -3.36. The van der Waals surface area contributed by atoms with E-state index in [1.807, 2.05) is 25.1 Å². The van der Waals surface area contributed by atoms with E-state index in [9.17, 15) is 18.5 Å². The highest BCUT2D eigenvalue weighted by molar-refractivity contribution is 14.1. The van der Waals surface area contributed by atoms with Crippen molar-refractivity contribution in [3.8, 4) is 17.6 Å². The van der Waals surface area contributed by atoms with Gasteiger partial charge < -0.3 is 14.2 Å². The topological polar surface area (TPSA) is 105 Å². The smallest absolute Gasteiger partial charge is 0.339 e. The van der Waals surface area contributed by atoms with E-state index in [-0.39, 0.29) is 22.0 Å². The molecule has 0 heterocycles. The van der Waals surface area contributed by atoms with Gasteiger partial charge in [-0.2, -0.15) is 13.7 Å². The number of aryl methyl sites for hydroxylation is 1. The summed E-state index contributed by atoms with van der Waals surface area (Å²) in [5.41, 5.74) is 1.84. The first-order valence-electron chi connectivity index (χ1n) is 9.60. The molecular weight excluding hydrogens is 555 g/mol. The fraction of sp³-hybridized carbons (Fsp3) is 0.0833. The summed E-state index contributed by atoms with van der Waals surface area (Å²) in [6.45, 7) is 1.85. The number of amides is 1. The van der Waals surface area contributed by atoms with Crippen molar-refractivity contribution in [1.82, 2.24) is 0 Å². The molecule has 0 unspecified atom stereocenters. The molecule has 0 aliphatic heterocycles. The predicted octanol–water partition coefficient (Wildman–Crippen LogP) is 4.92. The summed E-state index contributed by atoms with van der Waals surface area (Å²) in [7, 11) is -2.70. The Morgan fingerprint density at radius 1 is 1.06 bits per heavy atom. The molecule has 33 heavy (non-hydrogen) atoms. The van der Waals surface area contributed by atoms with E-state index >= 15 is 0 Å².